The third-order valence-corrected chi connectivity index (χ3v) is 4.57. The Morgan fingerprint density at radius 2 is 1.79 bits per heavy atom. The molecule has 0 saturated carbocycles. The van der Waals surface area contributed by atoms with E-state index in [9.17, 15) is 4.79 Å². The third-order valence-electron chi connectivity index (χ3n) is 4.57. The Morgan fingerprint density at radius 3 is 2.68 bits per heavy atom. The van der Waals surface area contributed by atoms with E-state index in [2.05, 4.69) is 34.7 Å². The number of nitrogens with one attached hydrogen (secondary N) is 1. The molecule has 0 fully saturated rings. The summed E-state index contributed by atoms with van der Waals surface area (Å²) >= 11 is 0. The van der Waals surface area contributed by atoms with Crippen LogP contribution < -0.4 is 10.1 Å². The Balaban J connectivity index is 1.39. The van der Waals surface area contributed by atoms with E-state index in [-0.39, 0.29) is 12.5 Å². The van der Waals surface area contributed by atoms with Crippen molar-refractivity contribution < 1.29 is 9.53 Å². The Labute approximate surface area is 163 Å². The van der Waals surface area contributed by atoms with Crippen molar-refractivity contribution >= 4 is 22.5 Å². The SMILES string of the molecule is Cc1ccccc1OCC(=O)Nc1ccn(Cc2cccc3ccccc23)n1. The number of para-hydroxylation sites is 1. The Morgan fingerprint density at radius 1 is 1.00 bits per heavy atom. The number of aromatic nitrogens is 2. The Bertz CT molecular complexity index is 1110. The van der Waals surface area contributed by atoms with Gasteiger partial charge in [0.15, 0.2) is 12.4 Å². The van der Waals surface area contributed by atoms with E-state index in [0.717, 1.165) is 5.56 Å². The molecule has 5 nitrogen and oxygen atoms in total. The standard InChI is InChI=1S/C23H21N3O2/c1-17-7-2-5-12-21(17)28-16-23(27)24-22-13-14-26(25-22)15-19-10-6-9-18-8-3-4-11-20(18)19/h2-14H,15-16H2,1H3,(H,24,25,27). The molecule has 0 aliphatic carbocycles. The van der Waals surface area contributed by atoms with Crippen molar-refractivity contribution in [2.75, 3.05) is 11.9 Å². The number of fused-ring (bicyclic) bond motifs is 1. The minimum Gasteiger partial charge on any atom is -0.483 e. The summed E-state index contributed by atoms with van der Waals surface area (Å²) in [4.78, 5) is 12.2. The van der Waals surface area contributed by atoms with Crippen molar-refractivity contribution in [3.8, 4) is 5.75 Å². The fourth-order valence-electron chi connectivity index (χ4n) is 3.16. The highest BCUT2D eigenvalue weighted by atomic mass is 16.5. The second kappa shape index (κ2) is 7.96. The van der Waals surface area contributed by atoms with E-state index in [1.165, 1.54) is 16.3 Å². The van der Waals surface area contributed by atoms with E-state index in [4.69, 9.17) is 4.74 Å². The lowest BCUT2D eigenvalue weighted by Gasteiger charge is -2.08. The van der Waals surface area contributed by atoms with Crippen LogP contribution in [0.4, 0.5) is 5.82 Å². The van der Waals surface area contributed by atoms with Gasteiger partial charge < -0.3 is 10.1 Å². The summed E-state index contributed by atoms with van der Waals surface area (Å²) in [5.41, 5.74) is 2.18. The highest BCUT2D eigenvalue weighted by Crippen LogP contribution is 2.20. The Hall–Kier alpha value is -3.60. The normalized spacial score (nSPS) is 10.8. The van der Waals surface area contributed by atoms with Crippen LogP contribution in [0.3, 0.4) is 0 Å². The molecule has 0 atom stereocenters. The number of carbonyl (C=O) groups is 1. The van der Waals surface area contributed by atoms with Gasteiger partial charge in [-0.2, -0.15) is 5.10 Å². The topological polar surface area (TPSA) is 56.1 Å². The molecular formula is C23H21N3O2. The van der Waals surface area contributed by atoms with Crippen LogP contribution in [0.5, 0.6) is 5.75 Å². The molecule has 140 valence electrons. The zero-order chi connectivity index (χ0) is 19.3. The maximum Gasteiger partial charge on any atom is 0.263 e. The number of ether oxygens (including phenoxy) is 1. The quantitative estimate of drug-likeness (QED) is 0.546. The van der Waals surface area contributed by atoms with E-state index >= 15 is 0 Å². The number of amides is 1. The minimum absolute atomic E-state index is 0.0545. The molecule has 1 amide bonds. The van der Waals surface area contributed by atoms with E-state index in [0.29, 0.717) is 18.1 Å². The van der Waals surface area contributed by atoms with Crippen LogP contribution in [-0.4, -0.2) is 22.3 Å². The van der Waals surface area contributed by atoms with Gasteiger partial charge in [-0.05, 0) is 34.9 Å². The number of nitrogens with zero attached hydrogens (tertiary/aromatic N) is 2. The van der Waals surface area contributed by atoms with Crippen LogP contribution in [0.15, 0.2) is 79.0 Å². The monoisotopic (exact) mass is 371 g/mol. The fraction of sp³-hybridized carbons (Fsp3) is 0.130. The van der Waals surface area contributed by atoms with Gasteiger partial charge in [-0.15, -0.1) is 0 Å². The van der Waals surface area contributed by atoms with Crippen LogP contribution in [-0.2, 0) is 11.3 Å². The van der Waals surface area contributed by atoms with Gasteiger partial charge in [-0.3, -0.25) is 9.48 Å². The number of anilines is 1. The first-order valence-electron chi connectivity index (χ1n) is 9.17. The molecular weight excluding hydrogens is 350 g/mol. The van der Waals surface area contributed by atoms with Gasteiger partial charge in [0.25, 0.3) is 5.91 Å². The minimum atomic E-state index is -0.237. The van der Waals surface area contributed by atoms with Gasteiger partial charge in [0, 0.05) is 12.3 Å². The molecule has 1 aromatic heterocycles. The molecule has 0 saturated heterocycles. The van der Waals surface area contributed by atoms with E-state index in [1.54, 1.807) is 6.07 Å². The number of aryl methyl sites for hydroxylation is 1. The number of carbonyl (C=O) groups excluding carboxylic acids is 1. The molecule has 1 N–H and O–H groups in total. The second-order valence-corrected chi connectivity index (χ2v) is 6.64. The maximum absolute atomic E-state index is 12.2. The van der Waals surface area contributed by atoms with Gasteiger partial charge >= 0.3 is 0 Å². The van der Waals surface area contributed by atoms with Crippen LogP contribution >= 0.6 is 0 Å². The first kappa shape index (κ1) is 17.8. The summed E-state index contributed by atoms with van der Waals surface area (Å²) in [6.07, 6.45) is 1.86. The Kier molecular flexibility index (Phi) is 5.06. The first-order chi connectivity index (χ1) is 13.7. The number of rotatable bonds is 6. The molecule has 4 rings (SSSR count). The van der Waals surface area contributed by atoms with Gasteiger partial charge in [-0.25, -0.2) is 0 Å². The second-order valence-electron chi connectivity index (χ2n) is 6.64. The van der Waals surface area contributed by atoms with Gasteiger partial charge in [0.05, 0.1) is 6.54 Å². The summed E-state index contributed by atoms with van der Waals surface area (Å²) < 4.78 is 7.39. The lowest BCUT2D eigenvalue weighted by molar-refractivity contribution is -0.118. The highest BCUT2D eigenvalue weighted by Gasteiger charge is 2.08. The van der Waals surface area contributed by atoms with Crippen molar-refractivity contribution in [2.45, 2.75) is 13.5 Å². The maximum atomic E-state index is 12.2. The van der Waals surface area contributed by atoms with Crippen LogP contribution in [0.2, 0.25) is 0 Å². The molecule has 5 heteroatoms. The van der Waals surface area contributed by atoms with Crippen molar-refractivity contribution in [1.29, 1.82) is 0 Å². The summed E-state index contributed by atoms with van der Waals surface area (Å²) in [6.45, 7) is 2.53. The van der Waals surface area contributed by atoms with Crippen molar-refractivity contribution in [3.63, 3.8) is 0 Å². The zero-order valence-electron chi connectivity index (χ0n) is 15.6. The van der Waals surface area contributed by atoms with Crippen LogP contribution in [0, 0.1) is 6.92 Å². The van der Waals surface area contributed by atoms with E-state index < -0.39 is 0 Å². The average Bonchev–Trinajstić information content (AvgIpc) is 3.14. The number of hydrogen-bond acceptors (Lipinski definition) is 3. The molecule has 0 aliphatic rings. The molecule has 1 heterocycles. The van der Waals surface area contributed by atoms with Crippen molar-refractivity contribution in [2.24, 2.45) is 0 Å². The average molecular weight is 371 g/mol. The largest absolute Gasteiger partial charge is 0.483 e. The summed E-state index contributed by atoms with van der Waals surface area (Å²) in [5, 5.41) is 9.64. The number of hydrogen-bond donors (Lipinski definition) is 1. The molecule has 0 bridgehead atoms. The molecule has 4 aromatic rings. The molecule has 3 aromatic carbocycles. The molecule has 28 heavy (non-hydrogen) atoms. The fourth-order valence-corrected chi connectivity index (χ4v) is 3.16. The van der Waals surface area contributed by atoms with E-state index in [1.807, 2.05) is 60.3 Å². The molecule has 0 aliphatic heterocycles. The smallest absolute Gasteiger partial charge is 0.263 e. The van der Waals surface area contributed by atoms with Crippen molar-refractivity contribution in [1.82, 2.24) is 9.78 Å². The highest BCUT2D eigenvalue weighted by molar-refractivity contribution is 5.91. The summed E-state index contributed by atoms with van der Waals surface area (Å²) in [6, 6.07) is 23.9. The first-order valence-corrected chi connectivity index (χ1v) is 9.17. The molecule has 0 spiro atoms. The van der Waals surface area contributed by atoms with Crippen LogP contribution in [0.1, 0.15) is 11.1 Å². The predicted octanol–water partition coefficient (Wildman–Crippen LogP) is 4.41. The molecule has 0 radical (unpaired) electrons. The van der Waals surface area contributed by atoms with Crippen LogP contribution in [0.25, 0.3) is 10.8 Å². The number of benzene rings is 3. The lowest BCUT2D eigenvalue weighted by atomic mass is 10.0. The van der Waals surface area contributed by atoms with Gasteiger partial charge in [0.1, 0.15) is 5.75 Å². The van der Waals surface area contributed by atoms with Gasteiger partial charge in [0.2, 0.25) is 0 Å². The predicted molar refractivity (Wildman–Crippen MR) is 111 cm³/mol. The van der Waals surface area contributed by atoms with Gasteiger partial charge in [-0.1, -0.05) is 60.7 Å². The molecule has 0 unspecified atom stereocenters. The lowest BCUT2D eigenvalue weighted by Crippen LogP contribution is -2.20. The summed E-state index contributed by atoms with van der Waals surface area (Å²) in [7, 11) is 0. The summed E-state index contributed by atoms with van der Waals surface area (Å²) in [5.74, 6) is 0.983. The third kappa shape index (κ3) is 4.04. The zero-order valence-corrected chi connectivity index (χ0v) is 15.6. The van der Waals surface area contributed by atoms with Crippen molar-refractivity contribution in [3.05, 3.63) is 90.1 Å².